The van der Waals surface area contributed by atoms with Gasteiger partial charge in [0.2, 0.25) is 0 Å². The number of isothiocyanates is 1. The van der Waals surface area contributed by atoms with E-state index in [9.17, 15) is 9.90 Å². The summed E-state index contributed by atoms with van der Waals surface area (Å²) >= 11 is 4.64. The first-order valence-corrected chi connectivity index (χ1v) is 11.4. The van der Waals surface area contributed by atoms with Gasteiger partial charge in [0, 0.05) is 36.8 Å². The molecule has 0 radical (unpaired) electrons. The summed E-state index contributed by atoms with van der Waals surface area (Å²) in [6, 6.07) is 4.13. The summed E-state index contributed by atoms with van der Waals surface area (Å²) in [7, 11) is 0. The van der Waals surface area contributed by atoms with Crippen LogP contribution in [-0.4, -0.2) is 28.2 Å². The highest BCUT2D eigenvalue weighted by molar-refractivity contribution is 7.78. The number of phenolic OH excluding ortho intramolecular Hbond substituents is 1. The van der Waals surface area contributed by atoms with Gasteiger partial charge in [-0.2, -0.15) is 0 Å². The summed E-state index contributed by atoms with van der Waals surface area (Å²) in [5, 5.41) is 13.5. The predicted molar refractivity (Wildman–Crippen MR) is 117 cm³/mol. The standard InChI is InChI=1S/C24H31NO3S/c1-23(2)19-7-6-17(26)14-18(19)22-20(27)12-16(13-21(22)28-23)24(9-5-10-24)8-3-4-11-25-15-29/h12-13,18-19,27H,3-11,14H2,1-2H3/t18-,19-/m1/s1. The molecule has 3 aliphatic rings. The van der Waals surface area contributed by atoms with Gasteiger partial charge >= 0.3 is 0 Å². The number of phenols is 1. The summed E-state index contributed by atoms with van der Waals surface area (Å²) in [5.74, 6) is 1.73. The van der Waals surface area contributed by atoms with Gasteiger partial charge in [-0.05, 0) is 81.3 Å². The quantitative estimate of drug-likeness (QED) is 0.369. The van der Waals surface area contributed by atoms with Crippen LogP contribution in [0.1, 0.15) is 88.7 Å². The first-order valence-electron chi connectivity index (χ1n) is 11.0. The van der Waals surface area contributed by atoms with Crippen molar-refractivity contribution >= 4 is 23.2 Å². The highest BCUT2D eigenvalue weighted by Crippen LogP contribution is 2.56. The SMILES string of the molecule is CC1(C)Oc2cc(C3(CCCCN=C=S)CCC3)cc(O)c2[C@@H]2CC(=O)CC[C@H]21. The highest BCUT2D eigenvalue weighted by atomic mass is 32.1. The molecule has 1 aromatic rings. The van der Waals surface area contributed by atoms with Crippen molar-refractivity contribution in [3.05, 3.63) is 23.3 Å². The van der Waals surface area contributed by atoms with Crippen molar-refractivity contribution in [1.29, 1.82) is 0 Å². The Morgan fingerprint density at radius 2 is 2.10 bits per heavy atom. The number of hydrogen-bond acceptors (Lipinski definition) is 5. The number of carbonyl (C=O) groups is 1. The van der Waals surface area contributed by atoms with Gasteiger partial charge in [-0.15, -0.1) is 0 Å². The first-order chi connectivity index (χ1) is 13.9. The summed E-state index contributed by atoms with van der Waals surface area (Å²) in [6.45, 7) is 5.00. The van der Waals surface area contributed by atoms with Gasteiger partial charge in [-0.25, -0.2) is 4.99 Å². The van der Waals surface area contributed by atoms with Gasteiger partial charge in [-0.3, -0.25) is 4.79 Å². The topological polar surface area (TPSA) is 58.9 Å². The Labute approximate surface area is 178 Å². The van der Waals surface area contributed by atoms with Crippen LogP contribution in [0.4, 0.5) is 0 Å². The fraction of sp³-hybridized carbons (Fsp3) is 0.667. The number of carbonyl (C=O) groups excluding carboxylic acids is 1. The van der Waals surface area contributed by atoms with Crippen molar-refractivity contribution in [3.63, 3.8) is 0 Å². The van der Waals surface area contributed by atoms with Gasteiger partial charge in [0.15, 0.2) is 0 Å². The third-order valence-corrected chi connectivity index (χ3v) is 7.72. The van der Waals surface area contributed by atoms with Crippen LogP contribution in [-0.2, 0) is 10.2 Å². The summed E-state index contributed by atoms with van der Waals surface area (Å²) in [5.41, 5.74) is 1.85. The Kier molecular flexibility index (Phi) is 5.56. The van der Waals surface area contributed by atoms with Crippen LogP contribution >= 0.6 is 12.2 Å². The van der Waals surface area contributed by atoms with Crippen LogP contribution in [0.2, 0.25) is 0 Å². The number of hydrogen-bond donors (Lipinski definition) is 1. The number of ketones is 1. The first kappa shape index (κ1) is 20.6. The lowest BCUT2D eigenvalue weighted by molar-refractivity contribution is -0.124. The Balaban J connectivity index is 1.64. The molecule has 0 aromatic heterocycles. The molecule has 0 spiro atoms. The van der Waals surface area contributed by atoms with E-state index in [0.717, 1.165) is 56.4 Å². The number of fused-ring (bicyclic) bond motifs is 3. The minimum Gasteiger partial charge on any atom is -0.508 e. The molecule has 4 rings (SSSR count). The van der Waals surface area contributed by atoms with E-state index in [2.05, 4.69) is 42.3 Å². The van der Waals surface area contributed by atoms with E-state index in [1.54, 1.807) is 0 Å². The van der Waals surface area contributed by atoms with Crippen molar-refractivity contribution in [2.24, 2.45) is 10.9 Å². The van der Waals surface area contributed by atoms with Crippen LogP contribution in [0.5, 0.6) is 11.5 Å². The van der Waals surface area contributed by atoms with E-state index in [0.29, 0.717) is 24.4 Å². The molecule has 2 aliphatic carbocycles. The summed E-state index contributed by atoms with van der Waals surface area (Å²) < 4.78 is 6.46. The average molecular weight is 414 g/mol. The zero-order valence-corrected chi connectivity index (χ0v) is 18.3. The van der Waals surface area contributed by atoms with Crippen molar-refractivity contribution in [2.75, 3.05) is 6.54 Å². The maximum absolute atomic E-state index is 12.2. The zero-order chi connectivity index (χ0) is 20.6. The van der Waals surface area contributed by atoms with Crippen LogP contribution in [0.15, 0.2) is 17.1 Å². The molecule has 1 aromatic carbocycles. The van der Waals surface area contributed by atoms with Crippen molar-refractivity contribution in [2.45, 2.75) is 88.6 Å². The Bertz CT molecular complexity index is 852. The molecule has 2 saturated carbocycles. The number of nitrogens with zero attached hydrogens (tertiary/aromatic N) is 1. The number of aliphatic imine (C=N–C) groups is 1. The van der Waals surface area contributed by atoms with Crippen LogP contribution in [0.3, 0.4) is 0 Å². The van der Waals surface area contributed by atoms with E-state index in [1.807, 2.05) is 6.07 Å². The molecular weight excluding hydrogens is 382 g/mol. The molecule has 1 aliphatic heterocycles. The zero-order valence-electron chi connectivity index (χ0n) is 17.5. The van der Waals surface area contributed by atoms with E-state index < -0.39 is 0 Å². The maximum Gasteiger partial charge on any atom is 0.133 e. The number of aromatic hydroxyl groups is 1. The van der Waals surface area contributed by atoms with Gasteiger partial charge in [0.05, 0.1) is 5.16 Å². The Morgan fingerprint density at radius 1 is 1.31 bits per heavy atom. The van der Waals surface area contributed by atoms with E-state index in [4.69, 9.17) is 4.74 Å². The van der Waals surface area contributed by atoms with Gasteiger partial charge in [0.25, 0.3) is 0 Å². The number of ether oxygens (including phenoxy) is 1. The highest BCUT2D eigenvalue weighted by Gasteiger charge is 2.48. The molecule has 0 unspecified atom stereocenters. The lowest BCUT2D eigenvalue weighted by Crippen LogP contribution is -2.47. The Hall–Kier alpha value is -1.71. The third kappa shape index (κ3) is 3.75. The van der Waals surface area contributed by atoms with Gasteiger partial charge in [0.1, 0.15) is 22.9 Å². The monoisotopic (exact) mass is 413 g/mol. The summed E-state index contributed by atoms with van der Waals surface area (Å²) in [6.07, 6.45) is 8.69. The largest absolute Gasteiger partial charge is 0.508 e. The molecule has 1 heterocycles. The Morgan fingerprint density at radius 3 is 2.79 bits per heavy atom. The number of Topliss-reactive ketones (excluding diaryl/α,β-unsaturated/α-hetero) is 1. The van der Waals surface area contributed by atoms with E-state index in [1.165, 1.54) is 12.0 Å². The molecular formula is C24H31NO3S. The molecule has 0 saturated heterocycles. The van der Waals surface area contributed by atoms with Crippen LogP contribution in [0, 0.1) is 5.92 Å². The molecule has 5 heteroatoms. The van der Waals surface area contributed by atoms with Crippen molar-refractivity contribution < 1.29 is 14.6 Å². The second kappa shape index (κ2) is 7.85. The molecule has 0 amide bonds. The second-order valence-corrected chi connectivity index (χ2v) is 9.85. The number of rotatable bonds is 6. The lowest BCUT2D eigenvalue weighted by atomic mass is 9.61. The fourth-order valence-corrected chi connectivity index (χ4v) is 5.95. The fourth-order valence-electron chi connectivity index (χ4n) is 5.86. The third-order valence-electron chi connectivity index (χ3n) is 7.59. The van der Waals surface area contributed by atoms with E-state index >= 15 is 0 Å². The molecule has 1 N–H and O–H groups in total. The van der Waals surface area contributed by atoms with Crippen molar-refractivity contribution in [1.82, 2.24) is 0 Å². The molecule has 156 valence electrons. The van der Waals surface area contributed by atoms with Crippen LogP contribution in [0.25, 0.3) is 0 Å². The molecule has 2 atom stereocenters. The molecule has 0 bridgehead atoms. The van der Waals surface area contributed by atoms with Gasteiger partial charge in [-0.1, -0.05) is 12.8 Å². The molecule has 4 nitrogen and oxygen atoms in total. The number of benzene rings is 1. The number of thiocarbonyl (C=S) groups is 1. The maximum atomic E-state index is 12.2. The summed E-state index contributed by atoms with van der Waals surface area (Å²) in [4.78, 5) is 16.2. The van der Waals surface area contributed by atoms with Gasteiger partial charge < -0.3 is 9.84 Å². The normalized spacial score (nSPS) is 26.3. The smallest absolute Gasteiger partial charge is 0.133 e. The minimum atomic E-state index is -0.324. The molecule has 2 fully saturated rings. The molecule has 29 heavy (non-hydrogen) atoms. The average Bonchev–Trinajstić information content (AvgIpc) is 2.62. The van der Waals surface area contributed by atoms with Crippen LogP contribution < -0.4 is 4.74 Å². The minimum absolute atomic E-state index is 0.0638. The second-order valence-electron chi connectivity index (χ2n) is 9.67. The van der Waals surface area contributed by atoms with E-state index in [-0.39, 0.29) is 22.9 Å². The predicted octanol–water partition coefficient (Wildman–Crippen LogP) is 5.71. The lowest BCUT2D eigenvalue weighted by Gasteiger charge is -2.48. The van der Waals surface area contributed by atoms with Crippen molar-refractivity contribution in [3.8, 4) is 11.5 Å². The number of unbranched alkanes of at least 4 members (excludes halogenated alkanes) is 1.